The van der Waals surface area contributed by atoms with E-state index in [2.05, 4.69) is 45.6 Å². The van der Waals surface area contributed by atoms with Crippen molar-refractivity contribution in [3.8, 4) is 0 Å². The molecule has 1 fully saturated rings. The van der Waals surface area contributed by atoms with Gasteiger partial charge in [-0.1, -0.05) is 23.3 Å². The van der Waals surface area contributed by atoms with Gasteiger partial charge in [-0.3, -0.25) is 14.4 Å². The second kappa shape index (κ2) is 29.4. The highest BCUT2D eigenvalue weighted by Gasteiger charge is 2.23. The molecule has 0 aromatic carbocycles. The van der Waals surface area contributed by atoms with Crippen molar-refractivity contribution in [1.29, 1.82) is 0 Å². The number of carbonyl (C=O) groups is 5. The Kier molecular flexibility index (Phi) is 25.6. The van der Waals surface area contributed by atoms with Crippen molar-refractivity contribution in [2.75, 3.05) is 112 Å². The highest BCUT2D eigenvalue weighted by atomic mass is 16.6. The molecule has 1 unspecified atom stereocenters. The predicted octanol–water partition coefficient (Wildman–Crippen LogP) is 3.70. The van der Waals surface area contributed by atoms with Gasteiger partial charge in [-0.25, -0.2) is 0 Å². The Morgan fingerprint density at radius 3 is 1.75 bits per heavy atom. The van der Waals surface area contributed by atoms with Gasteiger partial charge in [-0.2, -0.15) is 0 Å². The number of esters is 3. The Balaban J connectivity index is 1.68. The molecule has 0 spiro atoms. The van der Waals surface area contributed by atoms with Crippen molar-refractivity contribution >= 4 is 30.5 Å². The van der Waals surface area contributed by atoms with E-state index in [9.17, 15) is 24.0 Å². The van der Waals surface area contributed by atoms with Crippen LogP contribution in [0.15, 0.2) is 23.3 Å². The topological polar surface area (TPSA) is 135 Å². The van der Waals surface area contributed by atoms with Gasteiger partial charge < -0.3 is 48.1 Å². The van der Waals surface area contributed by atoms with Crippen molar-refractivity contribution in [2.45, 2.75) is 84.5 Å². The van der Waals surface area contributed by atoms with E-state index in [1.54, 1.807) is 7.11 Å². The zero-order chi connectivity index (χ0) is 38.5. The Hall–Kier alpha value is -2.97. The van der Waals surface area contributed by atoms with Crippen LogP contribution in [0, 0.1) is 5.92 Å². The monoisotopic (exact) mass is 748 g/mol. The number of hydrogen-bond donors (Lipinski definition) is 0. The van der Waals surface area contributed by atoms with Crippen LogP contribution in [0.5, 0.6) is 0 Å². The highest BCUT2D eigenvalue weighted by Crippen LogP contribution is 2.27. The molecular weight excluding hydrogens is 680 g/mol. The van der Waals surface area contributed by atoms with E-state index in [1.165, 1.54) is 11.1 Å². The van der Waals surface area contributed by atoms with Crippen LogP contribution >= 0.6 is 0 Å². The highest BCUT2D eigenvalue weighted by molar-refractivity contribution is 5.73. The minimum Gasteiger partial charge on any atom is -0.463 e. The second-order valence-electron chi connectivity index (χ2n) is 14.2. The third-order valence-corrected chi connectivity index (χ3v) is 9.75. The molecule has 302 valence electrons. The molecule has 2 rings (SSSR count). The molecule has 0 aromatic heterocycles. The first-order valence-electron chi connectivity index (χ1n) is 19.8. The van der Waals surface area contributed by atoms with Crippen molar-refractivity contribution in [3.05, 3.63) is 23.3 Å². The summed E-state index contributed by atoms with van der Waals surface area (Å²) in [5.74, 6) is -1.02. The predicted molar refractivity (Wildman–Crippen MR) is 204 cm³/mol. The van der Waals surface area contributed by atoms with Crippen LogP contribution in [0.2, 0.25) is 0 Å². The normalized spacial score (nSPS) is 16.6. The minimum atomic E-state index is -0.359. The second-order valence-corrected chi connectivity index (χ2v) is 14.2. The molecular formula is C40H68N4O9. The fraction of sp³-hybridized carbons (Fsp3) is 0.775. The Morgan fingerprint density at radius 1 is 0.736 bits per heavy atom. The zero-order valence-electron chi connectivity index (χ0n) is 32.9. The van der Waals surface area contributed by atoms with Gasteiger partial charge in [0.25, 0.3) is 0 Å². The van der Waals surface area contributed by atoms with Crippen molar-refractivity contribution in [2.24, 2.45) is 5.92 Å². The summed E-state index contributed by atoms with van der Waals surface area (Å²) in [4.78, 5) is 68.2. The van der Waals surface area contributed by atoms with E-state index in [0.29, 0.717) is 52.0 Å². The van der Waals surface area contributed by atoms with Gasteiger partial charge in [-0.15, -0.1) is 0 Å². The first-order chi connectivity index (χ1) is 25.7. The largest absolute Gasteiger partial charge is 0.463 e. The molecule has 13 nitrogen and oxygen atoms in total. The third-order valence-electron chi connectivity index (χ3n) is 9.75. The molecule has 2 aliphatic rings. The molecule has 1 heterocycles. The fourth-order valence-corrected chi connectivity index (χ4v) is 6.59. The quantitative estimate of drug-likeness (QED) is 0.0348. The summed E-state index contributed by atoms with van der Waals surface area (Å²) in [6.45, 7) is 14.7. The van der Waals surface area contributed by atoms with Gasteiger partial charge in [0.15, 0.2) is 0 Å². The van der Waals surface area contributed by atoms with Crippen LogP contribution in [0.25, 0.3) is 0 Å². The number of carbonyl (C=O) groups excluding carboxylic acids is 5. The Labute approximate surface area is 318 Å². The maximum absolute atomic E-state index is 12.6. The average Bonchev–Trinajstić information content (AvgIpc) is 3.15. The number of nitrogens with zero attached hydrogens (tertiary/aromatic N) is 4. The Bertz CT molecular complexity index is 1110. The minimum absolute atomic E-state index is 0.0253. The molecule has 0 radical (unpaired) electrons. The standard InChI is InChI=1S/C40H68N4O9/c1-35(2)9-4-10-36-11-13-37(14-12-36)40(49)53-34-33-52-39(48)16-24-42(23-15-38(47)51-32-31-50-3)18-6-20-44-27-25-43(26-28-44)19-5-17-41(21-7-29-45)22-8-30-46/h9,11,29-30,37H,4-8,10,12-28,31-34H2,1-3H3. The molecule has 13 heteroatoms. The molecule has 0 N–H and O–H groups in total. The van der Waals surface area contributed by atoms with Crippen LogP contribution < -0.4 is 0 Å². The number of aldehydes is 2. The molecule has 1 saturated heterocycles. The number of methoxy groups -OCH3 is 1. The average molecular weight is 749 g/mol. The maximum atomic E-state index is 12.6. The van der Waals surface area contributed by atoms with Crippen LogP contribution in [0.1, 0.15) is 84.5 Å². The summed E-state index contributed by atoms with van der Waals surface area (Å²) in [6, 6.07) is 0. The first kappa shape index (κ1) is 46.2. The van der Waals surface area contributed by atoms with Gasteiger partial charge in [-0.05, 0) is 85.0 Å². The van der Waals surface area contributed by atoms with E-state index in [1.807, 2.05) is 0 Å². The third kappa shape index (κ3) is 22.8. The van der Waals surface area contributed by atoms with Crippen LogP contribution in [-0.4, -0.2) is 162 Å². The lowest BCUT2D eigenvalue weighted by Crippen LogP contribution is -2.47. The zero-order valence-corrected chi connectivity index (χ0v) is 32.9. The van der Waals surface area contributed by atoms with Crippen molar-refractivity contribution in [1.82, 2.24) is 19.6 Å². The van der Waals surface area contributed by atoms with Crippen molar-refractivity contribution in [3.63, 3.8) is 0 Å². The van der Waals surface area contributed by atoms with E-state index >= 15 is 0 Å². The summed E-state index contributed by atoms with van der Waals surface area (Å²) in [5.41, 5.74) is 2.73. The van der Waals surface area contributed by atoms with Crippen LogP contribution in [0.4, 0.5) is 0 Å². The summed E-state index contributed by atoms with van der Waals surface area (Å²) in [7, 11) is 1.56. The maximum Gasteiger partial charge on any atom is 0.309 e. The lowest BCUT2D eigenvalue weighted by atomic mass is 9.88. The molecule has 0 amide bonds. The lowest BCUT2D eigenvalue weighted by molar-refractivity contribution is -0.155. The van der Waals surface area contributed by atoms with Crippen LogP contribution in [-0.2, 0) is 42.9 Å². The molecule has 1 aliphatic carbocycles. The summed E-state index contributed by atoms with van der Waals surface area (Å²) >= 11 is 0. The SMILES string of the molecule is COCCOC(=O)CCN(CCCN1CCN(CCCN(CCC=O)CCC=O)CC1)CCC(=O)OCCOC(=O)C1CC=C(CCC=C(C)C)CC1. The lowest BCUT2D eigenvalue weighted by Gasteiger charge is -2.35. The number of ether oxygens (including phenoxy) is 4. The molecule has 53 heavy (non-hydrogen) atoms. The smallest absolute Gasteiger partial charge is 0.309 e. The van der Waals surface area contributed by atoms with E-state index in [0.717, 1.165) is 103 Å². The van der Waals surface area contributed by atoms with Crippen molar-refractivity contribution < 1.29 is 42.9 Å². The van der Waals surface area contributed by atoms with Gasteiger partial charge >= 0.3 is 17.9 Å². The molecule has 0 bridgehead atoms. The number of rotatable bonds is 30. The Morgan fingerprint density at radius 2 is 1.26 bits per heavy atom. The molecule has 1 aliphatic heterocycles. The van der Waals surface area contributed by atoms with Gasteiger partial charge in [0.1, 0.15) is 32.4 Å². The number of hydrogen-bond acceptors (Lipinski definition) is 13. The van der Waals surface area contributed by atoms with Gasteiger partial charge in [0.05, 0.1) is 25.4 Å². The number of piperazine rings is 1. The molecule has 0 aromatic rings. The summed E-state index contributed by atoms with van der Waals surface area (Å²) < 4.78 is 21.0. The molecule has 1 atom stereocenters. The van der Waals surface area contributed by atoms with Gasteiger partial charge in [0.2, 0.25) is 0 Å². The fourth-order valence-electron chi connectivity index (χ4n) is 6.59. The van der Waals surface area contributed by atoms with E-state index < -0.39 is 0 Å². The van der Waals surface area contributed by atoms with Crippen LogP contribution in [0.3, 0.4) is 0 Å². The van der Waals surface area contributed by atoms with E-state index in [4.69, 9.17) is 18.9 Å². The first-order valence-corrected chi connectivity index (χ1v) is 19.8. The molecule has 0 saturated carbocycles. The summed E-state index contributed by atoms with van der Waals surface area (Å²) in [6.07, 6.45) is 14.1. The van der Waals surface area contributed by atoms with E-state index in [-0.39, 0.29) is 56.5 Å². The summed E-state index contributed by atoms with van der Waals surface area (Å²) in [5, 5.41) is 0. The van der Waals surface area contributed by atoms with Gasteiger partial charge in [0, 0.05) is 72.3 Å². The number of allylic oxidation sites excluding steroid dienone is 4.